The van der Waals surface area contributed by atoms with Gasteiger partial charge in [0, 0.05) is 54.2 Å². The predicted molar refractivity (Wildman–Crippen MR) is 152 cm³/mol. The zero-order valence-corrected chi connectivity index (χ0v) is 21.9. The Bertz CT molecular complexity index is 1270. The number of carbonyl (C=O) groups excluding carboxylic acids is 2. The number of methoxy groups -OCH3 is 1. The normalized spacial score (nSPS) is 13.4. The first-order chi connectivity index (χ1) is 17.9. The van der Waals surface area contributed by atoms with Gasteiger partial charge in [0.25, 0.3) is 5.91 Å². The highest BCUT2D eigenvalue weighted by atomic mass is 35.5. The molecule has 0 aromatic heterocycles. The maximum absolute atomic E-state index is 12.7. The number of nitrogens with one attached hydrogen (secondary N) is 2. The lowest BCUT2D eigenvalue weighted by Crippen LogP contribution is -2.48. The summed E-state index contributed by atoms with van der Waals surface area (Å²) in [5.41, 5.74) is 3.35. The number of amides is 2. The fraction of sp³-hybridized carbons (Fsp3) is 0.179. The van der Waals surface area contributed by atoms with Crippen molar-refractivity contribution in [2.45, 2.75) is 0 Å². The Hall–Kier alpha value is -3.88. The first kappa shape index (κ1) is 26.2. The minimum Gasteiger partial charge on any atom is -0.497 e. The van der Waals surface area contributed by atoms with Gasteiger partial charge in [-0.05, 0) is 84.5 Å². The number of hydrogen-bond acceptors (Lipinski definition) is 5. The van der Waals surface area contributed by atoms with E-state index in [0.29, 0.717) is 23.7 Å². The second-order valence-electron chi connectivity index (χ2n) is 8.38. The molecule has 3 aromatic carbocycles. The molecule has 2 N–H and O–H groups in total. The van der Waals surface area contributed by atoms with Crippen LogP contribution in [0.15, 0.2) is 78.9 Å². The molecule has 1 fully saturated rings. The van der Waals surface area contributed by atoms with E-state index in [4.69, 9.17) is 28.6 Å². The molecule has 0 unspecified atom stereocenters. The molecular weight excluding hydrogens is 508 g/mol. The van der Waals surface area contributed by atoms with Crippen LogP contribution in [0.2, 0.25) is 5.02 Å². The molecule has 0 spiro atoms. The van der Waals surface area contributed by atoms with Gasteiger partial charge in [-0.25, -0.2) is 0 Å². The smallest absolute Gasteiger partial charge is 0.253 e. The van der Waals surface area contributed by atoms with Crippen LogP contribution in [-0.2, 0) is 4.79 Å². The molecule has 4 rings (SSSR count). The molecule has 0 aliphatic carbocycles. The quantitative estimate of drug-likeness (QED) is 0.348. The molecule has 9 heteroatoms. The van der Waals surface area contributed by atoms with E-state index >= 15 is 0 Å². The summed E-state index contributed by atoms with van der Waals surface area (Å²) in [7, 11) is 1.61. The summed E-state index contributed by atoms with van der Waals surface area (Å²) in [6, 6.07) is 22.2. The summed E-state index contributed by atoms with van der Waals surface area (Å²) in [5, 5.41) is 6.50. The van der Waals surface area contributed by atoms with Crippen LogP contribution in [0.5, 0.6) is 5.75 Å². The summed E-state index contributed by atoms with van der Waals surface area (Å²) in [5.74, 6) is 0.450. The van der Waals surface area contributed by atoms with E-state index in [1.165, 1.54) is 6.08 Å². The molecule has 7 nitrogen and oxygen atoms in total. The van der Waals surface area contributed by atoms with Gasteiger partial charge in [-0.1, -0.05) is 23.7 Å². The van der Waals surface area contributed by atoms with E-state index < -0.39 is 0 Å². The number of carbonyl (C=O) groups is 2. The topological polar surface area (TPSA) is 73.9 Å². The standard InChI is InChI=1S/C28H27ClN4O3S/c1-36-25-13-2-20(3-14-25)4-15-26(34)31-28(37)30-23-9-11-24(12-10-23)32-16-18-33(19-17-32)27(35)21-5-7-22(29)8-6-21/h2-15H,16-19H2,1H3,(H2,30,31,34,37). The van der Waals surface area contributed by atoms with Crippen molar-refractivity contribution in [1.82, 2.24) is 10.2 Å². The molecule has 0 atom stereocenters. The van der Waals surface area contributed by atoms with Gasteiger partial charge in [-0.2, -0.15) is 0 Å². The number of nitrogens with zero attached hydrogens (tertiary/aromatic N) is 2. The van der Waals surface area contributed by atoms with Crippen LogP contribution >= 0.6 is 23.8 Å². The minimum absolute atomic E-state index is 0.0188. The maximum atomic E-state index is 12.7. The molecule has 190 valence electrons. The number of benzene rings is 3. The second-order valence-corrected chi connectivity index (χ2v) is 9.23. The van der Waals surface area contributed by atoms with Crippen molar-refractivity contribution in [2.24, 2.45) is 0 Å². The van der Waals surface area contributed by atoms with E-state index in [9.17, 15) is 9.59 Å². The Morgan fingerprint density at radius 3 is 2.19 bits per heavy atom. The third-order valence-electron chi connectivity index (χ3n) is 5.93. The monoisotopic (exact) mass is 534 g/mol. The minimum atomic E-state index is -0.323. The van der Waals surface area contributed by atoms with Gasteiger partial charge in [0.2, 0.25) is 5.91 Å². The first-order valence-corrected chi connectivity index (χ1v) is 12.5. The summed E-state index contributed by atoms with van der Waals surface area (Å²) in [4.78, 5) is 29.0. The van der Waals surface area contributed by atoms with Gasteiger partial charge < -0.3 is 19.9 Å². The molecule has 2 amide bonds. The molecule has 0 bridgehead atoms. The highest BCUT2D eigenvalue weighted by Crippen LogP contribution is 2.21. The fourth-order valence-corrected chi connectivity index (χ4v) is 4.25. The number of halogens is 1. The number of thiocarbonyl (C=S) groups is 1. The highest BCUT2D eigenvalue weighted by Gasteiger charge is 2.22. The van der Waals surface area contributed by atoms with Gasteiger partial charge in [-0.3, -0.25) is 14.9 Å². The van der Waals surface area contributed by atoms with Crippen molar-refractivity contribution in [3.8, 4) is 5.75 Å². The Balaban J connectivity index is 1.23. The van der Waals surface area contributed by atoms with E-state index in [1.807, 2.05) is 53.4 Å². The summed E-state index contributed by atoms with van der Waals surface area (Å²) >= 11 is 11.2. The number of piperazine rings is 1. The van der Waals surface area contributed by atoms with Crippen molar-refractivity contribution < 1.29 is 14.3 Å². The van der Waals surface area contributed by atoms with E-state index in [1.54, 1.807) is 37.5 Å². The van der Waals surface area contributed by atoms with Crippen LogP contribution < -0.4 is 20.3 Å². The van der Waals surface area contributed by atoms with Crippen LogP contribution in [0.25, 0.3) is 6.08 Å². The van der Waals surface area contributed by atoms with Crippen molar-refractivity contribution in [3.63, 3.8) is 0 Å². The Kier molecular flexibility index (Phi) is 8.77. The molecular formula is C28H27ClN4O3S. The van der Waals surface area contributed by atoms with Crippen molar-refractivity contribution in [3.05, 3.63) is 95.0 Å². The lowest BCUT2D eigenvalue weighted by molar-refractivity contribution is -0.115. The van der Waals surface area contributed by atoms with Gasteiger partial charge in [-0.15, -0.1) is 0 Å². The molecule has 1 heterocycles. The average molecular weight is 535 g/mol. The lowest BCUT2D eigenvalue weighted by Gasteiger charge is -2.36. The maximum Gasteiger partial charge on any atom is 0.253 e. The predicted octanol–water partition coefficient (Wildman–Crippen LogP) is 4.84. The Labute approximate surface area is 226 Å². The molecule has 3 aromatic rings. The van der Waals surface area contributed by atoms with Crippen LogP contribution in [-0.4, -0.2) is 55.1 Å². The lowest BCUT2D eigenvalue weighted by atomic mass is 10.1. The molecule has 1 saturated heterocycles. The van der Waals surface area contributed by atoms with Crippen LogP contribution in [0.3, 0.4) is 0 Å². The largest absolute Gasteiger partial charge is 0.497 e. The zero-order chi connectivity index (χ0) is 26.2. The third-order valence-corrected chi connectivity index (χ3v) is 6.38. The second kappa shape index (κ2) is 12.4. The Morgan fingerprint density at radius 2 is 1.57 bits per heavy atom. The first-order valence-electron chi connectivity index (χ1n) is 11.8. The van der Waals surface area contributed by atoms with E-state index in [2.05, 4.69) is 15.5 Å². The average Bonchev–Trinajstić information content (AvgIpc) is 2.93. The molecule has 1 aliphatic heterocycles. The molecule has 1 aliphatic rings. The Morgan fingerprint density at radius 1 is 0.919 bits per heavy atom. The summed E-state index contributed by atoms with van der Waals surface area (Å²) < 4.78 is 5.13. The van der Waals surface area contributed by atoms with Crippen molar-refractivity contribution in [1.29, 1.82) is 0 Å². The SMILES string of the molecule is COc1ccc(C=CC(=O)NC(=S)Nc2ccc(N3CCN(C(=O)c4ccc(Cl)cc4)CC3)cc2)cc1. The van der Waals surface area contributed by atoms with Crippen molar-refractivity contribution >= 4 is 58.2 Å². The number of rotatable bonds is 6. The zero-order valence-electron chi connectivity index (χ0n) is 20.3. The van der Waals surface area contributed by atoms with Gasteiger partial charge in [0.15, 0.2) is 5.11 Å². The third kappa shape index (κ3) is 7.31. The molecule has 0 radical (unpaired) electrons. The number of ether oxygens (including phenoxy) is 1. The summed E-state index contributed by atoms with van der Waals surface area (Å²) in [6.45, 7) is 2.76. The van der Waals surface area contributed by atoms with Crippen molar-refractivity contribution in [2.75, 3.05) is 43.5 Å². The number of anilines is 2. The summed E-state index contributed by atoms with van der Waals surface area (Å²) in [6.07, 6.45) is 3.13. The highest BCUT2D eigenvalue weighted by molar-refractivity contribution is 7.80. The fourth-order valence-electron chi connectivity index (χ4n) is 3.90. The molecule has 0 saturated carbocycles. The van der Waals surface area contributed by atoms with E-state index in [-0.39, 0.29) is 16.9 Å². The van der Waals surface area contributed by atoms with Crippen LogP contribution in [0.1, 0.15) is 15.9 Å². The van der Waals surface area contributed by atoms with Gasteiger partial charge in [0.05, 0.1) is 7.11 Å². The molecule has 37 heavy (non-hydrogen) atoms. The van der Waals surface area contributed by atoms with Crippen LogP contribution in [0.4, 0.5) is 11.4 Å². The van der Waals surface area contributed by atoms with E-state index in [0.717, 1.165) is 35.8 Å². The van der Waals surface area contributed by atoms with Gasteiger partial charge >= 0.3 is 0 Å². The van der Waals surface area contributed by atoms with Gasteiger partial charge in [0.1, 0.15) is 5.75 Å². The number of hydrogen-bond donors (Lipinski definition) is 2. The van der Waals surface area contributed by atoms with Crippen LogP contribution in [0, 0.1) is 0 Å².